The van der Waals surface area contributed by atoms with Crippen LogP contribution in [-0.4, -0.2) is 20.0 Å². The maximum absolute atomic E-state index is 13.5. The lowest BCUT2D eigenvalue weighted by molar-refractivity contribution is 0.583. The number of hydrogen-bond donors (Lipinski definition) is 0. The molecule has 0 amide bonds. The molecule has 4 aromatic rings. The molecule has 2 aromatic carbocycles. The summed E-state index contributed by atoms with van der Waals surface area (Å²) in [7, 11) is 0. The third kappa shape index (κ3) is 4.35. The summed E-state index contributed by atoms with van der Waals surface area (Å²) in [5.41, 5.74) is 2.46. The van der Waals surface area contributed by atoms with Crippen LogP contribution in [0.4, 0.5) is 8.78 Å². The van der Waals surface area contributed by atoms with Crippen LogP contribution in [0.1, 0.15) is 5.56 Å². The lowest BCUT2D eigenvalue weighted by atomic mass is 10.1. The highest BCUT2D eigenvalue weighted by atomic mass is 35.5. The lowest BCUT2D eigenvalue weighted by Gasteiger charge is -2.09. The van der Waals surface area contributed by atoms with Crippen LogP contribution < -0.4 is 5.56 Å². The van der Waals surface area contributed by atoms with Gasteiger partial charge in [-0.2, -0.15) is 5.10 Å². The zero-order valence-corrected chi connectivity index (χ0v) is 15.6. The van der Waals surface area contributed by atoms with Crippen molar-refractivity contribution in [3.63, 3.8) is 0 Å². The average molecular weight is 411 g/mol. The number of halogens is 3. The van der Waals surface area contributed by atoms with Crippen LogP contribution in [0.15, 0.2) is 71.5 Å². The second-order valence-electron chi connectivity index (χ2n) is 6.31. The first-order valence-corrected chi connectivity index (χ1v) is 8.99. The molecule has 2 aromatic heterocycles. The molecule has 0 bridgehead atoms. The molecule has 8 heteroatoms. The Labute approximate surface area is 169 Å². The van der Waals surface area contributed by atoms with E-state index in [2.05, 4.69) is 15.3 Å². The van der Waals surface area contributed by atoms with Crippen molar-refractivity contribution in [2.45, 2.75) is 6.54 Å². The van der Waals surface area contributed by atoms with Gasteiger partial charge in [-0.25, -0.2) is 13.5 Å². The van der Waals surface area contributed by atoms with E-state index in [1.54, 1.807) is 12.1 Å². The summed E-state index contributed by atoms with van der Waals surface area (Å²) in [5.74, 6) is -1.42. The fourth-order valence-corrected chi connectivity index (χ4v) is 2.99. The van der Waals surface area contributed by atoms with Crippen LogP contribution in [0.25, 0.3) is 22.5 Å². The highest BCUT2D eigenvalue weighted by Crippen LogP contribution is 2.20. The molecule has 0 spiro atoms. The molecule has 0 radical (unpaired) electrons. The number of aromatic nitrogens is 4. The van der Waals surface area contributed by atoms with Crippen LogP contribution in [0.2, 0.25) is 5.15 Å². The number of rotatable bonds is 4. The summed E-state index contributed by atoms with van der Waals surface area (Å²) < 4.78 is 28.3. The first kappa shape index (κ1) is 18.9. The maximum Gasteiger partial charge on any atom is 0.267 e. The molecule has 0 aliphatic heterocycles. The van der Waals surface area contributed by atoms with E-state index < -0.39 is 11.6 Å². The zero-order chi connectivity index (χ0) is 20.4. The Morgan fingerprint density at radius 3 is 2.31 bits per heavy atom. The van der Waals surface area contributed by atoms with Crippen molar-refractivity contribution < 1.29 is 8.78 Å². The Morgan fingerprint density at radius 2 is 1.59 bits per heavy atom. The first-order valence-electron chi connectivity index (χ1n) is 8.61. The van der Waals surface area contributed by atoms with Crippen LogP contribution in [0.3, 0.4) is 0 Å². The average Bonchev–Trinajstić information content (AvgIpc) is 2.70. The Balaban J connectivity index is 1.67. The van der Waals surface area contributed by atoms with Gasteiger partial charge in [0, 0.05) is 23.3 Å². The van der Waals surface area contributed by atoms with Gasteiger partial charge in [-0.05, 0) is 42.0 Å². The highest BCUT2D eigenvalue weighted by Gasteiger charge is 2.09. The second kappa shape index (κ2) is 7.89. The normalized spacial score (nSPS) is 10.9. The minimum absolute atomic E-state index is 0.180. The second-order valence-corrected chi connectivity index (χ2v) is 6.70. The topological polar surface area (TPSA) is 60.7 Å². The molecule has 5 nitrogen and oxygen atoms in total. The summed E-state index contributed by atoms with van der Waals surface area (Å²) in [6, 6.07) is 16.7. The largest absolute Gasteiger partial charge is 0.268 e. The Hall–Kier alpha value is -3.45. The van der Waals surface area contributed by atoms with E-state index in [1.165, 1.54) is 28.9 Å². The Morgan fingerprint density at radius 1 is 0.828 bits per heavy atom. The Kier molecular flexibility index (Phi) is 5.14. The third-order valence-corrected chi connectivity index (χ3v) is 4.41. The van der Waals surface area contributed by atoms with Gasteiger partial charge in [-0.1, -0.05) is 29.8 Å². The van der Waals surface area contributed by atoms with Gasteiger partial charge in [0.05, 0.1) is 17.9 Å². The van der Waals surface area contributed by atoms with Crippen LogP contribution in [0.5, 0.6) is 0 Å². The van der Waals surface area contributed by atoms with Gasteiger partial charge in [0.15, 0.2) is 5.15 Å². The van der Waals surface area contributed by atoms with Gasteiger partial charge in [0.25, 0.3) is 5.56 Å². The molecule has 2 heterocycles. The SMILES string of the molecule is O=c1ccc(-c2cc(F)cc(F)c2)nn1Cc1cccc(-c2ccc(Cl)nn2)c1. The maximum atomic E-state index is 13.5. The molecule has 0 unspecified atom stereocenters. The fraction of sp³-hybridized carbons (Fsp3) is 0.0476. The summed E-state index contributed by atoms with van der Waals surface area (Å²) in [6.45, 7) is 0.180. The van der Waals surface area contributed by atoms with E-state index in [4.69, 9.17) is 11.6 Å². The molecule has 0 saturated carbocycles. The van der Waals surface area contributed by atoms with E-state index in [0.29, 0.717) is 16.5 Å². The number of nitrogens with zero attached hydrogens (tertiary/aromatic N) is 4. The van der Waals surface area contributed by atoms with Gasteiger partial charge in [0.2, 0.25) is 0 Å². The fourth-order valence-electron chi connectivity index (χ4n) is 2.89. The minimum Gasteiger partial charge on any atom is -0.268 e. The molecule has 0 aliphatic rings. The summed E-state index contributed by atoms with van der Waals surface area (Å²) in [5, 5.41) is 12.4. The van der Waals surface area contributed by atoms with Crippen LogP contribution in [0, 0.1) is 11.6 Å². The molecule has 0 fully saturated rings. The van der Waals surface area contributed by atoms with Crippen molar-refractivity contribution in [3.05, 3.63) is 99.4 Å². The summed E-state index contributed by atoms with van der Waals surface area (Å²) in [6.07, 6.45) is 0. The molecule has 4 rings (SSSR count). The minimum atomic E-state index is -0.712. The van der Waals surface area contributed by atoms with Crippen molar-refractivity contribution in [1.29, 1.82) is 0 Å². The predicted octanol–water partition coefficient (Wildman–Crippen LogP) is 4.35. The summed E-state index contributed by atoms with van der Waals surface area (Å²) in [4.78, 5) is 12.2. The van der Waals surface area contributed by atoms with Gasteiger partial charge < -0.3 is 0 Å². The molecule has 0 N–H and O–H groups in total. The van der Waals surface area contributed by atoms with Gasteiger partial charge in [-0.15, -0.1) is 10.2 Å². The first-order chi connectivity index (χ1) is 14.0. The Bertz CT molecular complexity index is 1220. The van der Waals surface area contributed by atoms with Crippen molar-refractivity contribution >= 4 is 11.6 Å². The molecule has 0 aliphatic carbocycles. The molecular weight excluding hydrogens is 398 g/mol. The smallest absolute Gasteiger partial charge is 0.267 e. The number of benzene rings is 2. The van der Waals surface area contributed by atoms with Gasteiger partial charge >= 0.3 is 0 Å². The molecule has 0 atom stereocenters. The molecule has 0 saturated heterocycles. The van der Waals surface area contributed by atoms with Gasteiger partial charge in [-0.3, -0.25) is 4.79 Å². The standard InChI is InChI=1S/C21H13ClF2N4O/c22-20-6-4-18(25-26-20)14-3-1-2-13(8-14)12-28-21(29)7-5-19(27-28)15-9-16(23)11-17(24)10-15/h1-11H,12H2. The van der Waals surface area contributed by atoms with E-state index in [9.17, 15) is 13.6 Å². The lowest BCUT2D eigenvalue weighted by Crippen LogP contribution is -2.22. The van der Waals surface area contributed by atoms with Crippen molar-refractivity contribution in [3.8, 4) is 22.5 Å². The van der Waals surface area contributed by atoms with Crippen molar-refractivity contribution in [2.75, 3.05) is 0 Å². The van der Waals surface area contributed by atoms with Crippen molar-refractivity contribution in [1.82, 2.24) is 20.0 Å². The van der Waals surface area contributed by atoms with E-state index >= 15 is 0 Å². The highest BCUT2D eigenvalue weighted by molar-refractivity contribution is 6.29. The van der Waals surface area contributed by atoms with Crippen molar-refractivity contribution in [2.24, 2.45) is 0 Å². The quantitative estimate of drug-likeness (QED) is 0.502. The van der Waals surface area contributed by atoms with E-state index in [0.717, 1.165) is 17.2 Å². The predicted molar refractivity (Wildman–Crippen MR) is 105 cm³/mol. The van der Waals surface area contributed by atoms with E-state index in [-0.39, 0.29) is 17.7 Å². The summed E-state index contributed by atoms with van der Waals surface area (Å²) >= 11 is 5.77. The molecular formula is C21H13ClF2N4O. The van der Waals surface area contributed by atoms with Crippen LogP contribution in [-0.2, 0) is 6.54 Å². The zero-order valence-electron chi connectivity index (χ0n) is 14.9. The number of hydrogen-bond acceptors (Lipinski definition) is 4. The molecule has 29 heavy (non-hydrogen) atoms. The molecule has 144 valence electrons. The van der Waals surface area contributed by atoms with Crippen LogP contribution >= 0.6 is 11.6 Å². The van der Waals surface area contributed by atoms with E-state index in [1.807, 2.05) is 24.3 Å². The third-order valence-electron chi connectivity index (χ3n) is 4.21. The monoisotopic (exact) mass is 410 g/mol. The van der Waals surface area contributed by atoms with Gasteiger partial charge in [0.1, 0.15) is 11.6 Å².